The van der Waals surface area contributed by atoms with Crippen LogP contribution in [0.25, 0.3) is 0 Å². The Morgan fingerprint density at radius 1 is 1.11 bits per heavy atom. The topological polar surface area (TPSA) is 91.4 Å². The van der Waals surface area contributed by atoms with E-state index in [0.29, 0.717) is 24.2 Å². The maximum absolute atomic E-state index is 14.3. The summed E-state index contributed by atoms with van der Waals surface area (Å²) in [5, 5.41) is 2.70. The van der Waals surface area contributed by atoms with Crippen LogP contribution in [0.4, 0.5) is 29.1 Å². The quantitative estimate of drug-likeness (QED) is 0.532. The molecule has 1 unspecified atom stereocenters. The molecule has 2 aromatic rings. The molecule has 192 valence electrons. The number of sulfonamides is 1. The molecule has 0 bridgehead atoms. The molecule has 12 heteroatoms. The van der Waals surface area contributed by atoms with Gasteiger partial charge in [-0.15, -0.1) is 0 Å². The van der Waals surface area contributed by atoms with Gasteiger partial charge in [-0.2, -0.15) is 13.2 Å². The van der Waals surface area contributed by atoms with E-state index in [0.717, 1.165) is 44.1 Å². The van der Waals surface area contributed by atoms with E-state index in [1.807, 2.05) is 4.90 Å². The summed E-state index contributed by atoms with van der Waals surface area (Å²) in [4.78, 5) is 18.5. The van der Waals surface area contributed by atoms with Crippen LogP contribution in [0.1, 0.15) is 55.3 Å². The minimum atomic E-state index is -4.58. The number of carbonyl (C=O) groups is 1. The van der Waals surface area contributed by atoms with Crippen LogP contribution in [0.15, 0.2) is 30.3 Å². The fourth-order valence-corrected chi connectivity index (χ4v) is 4.46. The smallest absolute Gasteiger partial charge is 0.356 e. The first-order valence-electron chi connectivity index (χ1n) is 11.2. The van der Waals surface area contributed by atoms with Crippen molar-refractivity contribution in [3.05, 3.63) is 53.0 Å². The van der Waals surface area contributed by atoms with E-state index in [1.54, 1.807) is 6.92 Å². The second-order valence-corrected chi connectivity index (χ2v) is 10.4. The maximum atomic E-state index is 14.3. The molecule has 3 rings (SSSR count). The molecular weight excluding hydrogens is 488 g/mol. The third kappa shape index (κ3) is 7.30. The summed E-state index contributed by atoms with van der Waals surface area (Å²) >= 11 is 0. The average Bonchev–Trinajstić information content (AvgIpc) is 3.06. The summed E-state index contributed by atoms with van der Waals surface area (Å²) in [5.74, 6) is -1.88. The lowest BCUT2D eigenvalue weighted by Gasteiger charge is -2.25. The van der Waals surface area contributed by atoms with E-state index in [-0.39, 0.29) is 18.1 Å². The third-order valence-corrected chi connectivity index (χ3v) is 6.38. The number of halogens is 4. The number of nitrogens with zero attached hydrogens (tertiary/aromatic N) is 2. The Balaban J connectivity index is 1.76. The molecule has 0 spiro atoms. The molecule has 2 heterocycles. The Morgan fingerprint density at radius 3 is 2.34 bits per heavy atom. The number of hydrogen-bond donors (Lipinski definition) is 2. The lowest BCUT2D eigenvalue weighted by Crippen LogP contribution is -2.31. The standard InChI is InChI=1S/C23H28F4N4O3S/c1-15(16-7-9-19(18(24)13-16)30-35(2,33)34)22(32)28-14-17-8-10-20(23(25,26)27)29-21(17)31-11-5-3-4-6-12-31/h7-10,13,15,30H,3-6,11-12,14H2,1-2H3,(H,28,32). The minimum Gasteiger partial charge on any atom is -0.356 e. The number of carbonyl (C=O) groups excluding carboxylic acids is 1. The van der Waals surface area contributed by atoms with Crippen LogP contribution in [-0.4, -0.2) is 38.7 Å². The van der Waals surface area contributed by atoms with Crippen molar-refractivity contribution in [2.75, 3.05) is 29.0 Å². The van der Waals surface area contributed by atoms with Crippen molar-refractivity contribution in [1.29, 1.82) is 0 Å². The highest BCUT2D eigenvalue weighted by molar-refractivity contribution is 7.92. The van der Waals surface area contributed by atoms with Crippen LogP contribution in [0, 0.1) is 5.82 Å². The molecule has 1 fully saturated rings. The van der Waals surface area contributed by atoms with Gasteiger partial charge in [-0.3, -0.25) is 9.52 Å². The van der Waals surface area contributed by atoms with Gasteiger partial charge in [0.1, 0.15) is 17.3 Å². The number of benzene rings is 1. The average molecular weight is 517 g/mol. The van der Waals surface area contributed by atoms with E-state index in [9.17, 15) is 30.8 Å². The van der Waals surface area contributed by atoms with Gasteiger partial charge in [0.2, 0.25) is 15.9 Å². The first-order valence-corrected chi connectivity index (χ1v) is 13.1. The molecule has 1 amide bonds. The number of hydrogen-bond acceptors (Lipinski definition) is 5. The molecule has 1 saturated heterocycles. The fraction of sp³-hybridized carbons (Fsp3) is 0.478. The Bertz CT molecular complexity index is 1160. The monoisotopic (exact) mass is 516 g/mol. The van der Waals surface area contributed by atoms with E-state index in [4.69, 9.17) is 0 Å². The highest BCUT2D eigenvalue weighted by Crippen LogP contribution is 2.31. The Hall–Kier alpha value is -2.89. The van der Waals surface area contributed by atoms with Gasteiger partial charge in [0.05, 0.1) is 17.9 Å². The molecule has 1 atom stereocenters. The number of rotatable bonds is 7. The summed E-state index contributed by atoms with van der Waals surface area (Å²) < 4.78 is 78.9. The molecule has 1 aliphatic rings. The zero-order chi connectivity index (χ0) is 25.8. The van der Waals surface area contributed by atoms with Crippen LogP contribution < -0.4 is 14.9 Å². The van der Waals surface area contributed by atoms with Crippen molar-refractivity contribution in [2.24, 2.45) is 0 Å². The largest absolute Gasteiger partial charge is 0.433 e. The van der Waals surface area contributed by atoms with Crippen molar-refractivity contribution in [2.45, 2.75) is 51.2 Å². The Labute approximate surface area is 202 Å². The predicted octanol–water partition coefficient (Wildman–Crippen LogP) is 4.41. The lowest BCUT2D eigenvalue weighted by molar-refractivity contribution is -0.141. The molecule has 1 aromatic heterocycles. The maximum Gasteiger partial charge on any atom is 0.433 e. The summed E-state index contributed by atoms with van der Waals surface area (Å²) in [7, 11) is -3.67. The molecule has 0 aliphatic carbocycles. The van der Waals surface area contributed by atoms with E-state index in [1.165, 1.54) is 18.2 Å². The van der Waals surface area contributed by atoms with Crippen LogP contribution >= 0.6 is 0 Å². The van der Waals surface area contributed by atoms with Crippen molar-refractivity contribution >= 4 is 27.4 Å². The van der Waals surface area contributed by atoms with Crippen molar-refractivity contribution in [3.63, 3.8) is 0 Å². The van der Waals surface area contributed by atoms with Gasteiger partial charge in [-0.1, -0.05) is 25.0 Å². The number of aromatic nitrogens is 1. The first kappa shape index (κ1) is 26.7. The molecule has 1 aliphatic heterocycles. The van der Waals surface area contributed by atoms with Gasteiger partial charge >= 0.3 is 6.18 Å². The second kappa shape index (κ2) is 10.8. The number of amides is 1. The third-order valence-electron chi connectivity index (χ3n) is 5.79. The molecule has 0 radical (unpaired) electrons. The van der Waals surface area contributed by atoms with Crippen molar-refractivity contribution in [1.82, 2.24) is 10.3 Å². The zero-order valence-corrected chi connectivity index (χ0v) is 20.3. The van der Waals surface area contributed by atoms with Crippen LogP contribution in [0.5, 0.6) is 0 Å². The van der Waals surface area contributed by atoms with Gasteiger partial charge in [0.25, 0.3) is 0 Å². The van der Waals surface area contributed by atoms with E-state index >= 15 is 0 Å². The number of alkyl halides is 3. The van der Waals surface area contributed by atoms with E-state index < -0.39 is 39.5 Å². The molecule has 2 N–H and O–H groups in total. The van der Waals surface area contributed by atoms with E-state index in [2.05, 4.69) is 15.0 Å². The normalized spacial score (nSPS) is 15.9. The van der Waals surface area contributed by atoms with Gasteiger partial charge in [0, 0.05) is 25.2 Å². The fourth-order valence-electron chi connectivity index (χ4n) is 3.90. The second-order valence-electron chi connectivity index (χ2n) is 8.63. The summed E-state index contributed by atoms with van der Waals surface area (Å²) in [5.41, 5.74) is -0.447. The highest BCUT2D eigenvalue weighted by atomic mass is 32.2. The van der Waals surface area contributed by atoms with Gasteiger partial charge < -0.3 is 10.2 Å². The van der Waals surface area contributed by atoms with Crippen molar-refractivity contribution < 1.29 is 30.8 Å². The zero-order valence-electron chi connectivity index (χ0n) is 19.5. The van der Waals surface area contributed by atoms with Gasteiger partial charge in [0.15, 0.2) is 0 Å². The predicted molar refractivity (Wildman–Crippen MR) is 125 cm³/mol. The molecule has 1 aromatic carbocycles. The molecule has 7 nitrogen and oxygen atoms in total. The van der Waals surface area contributed by atoms with Gasteiger partial charge in [-0.05, 0) is 43.5 Å². The molecule has 0 saturated carbocycles. The van der Waals surface area contributed by atoms with Crippen LogP contribution in [-0.2, 0) is 27.5 Å². The van der Waals surface area contributed by atoms with Crippen LogP contribution in [0.3, 0.4) is 0 Å². The number of pyridine rings is 1. The number of nitrogens with one attached hydrogen (secondary N) is 2. The van der Waals surface area contributed by atoms with Crippen LogP contribution in [0.2, 0.25) is 0 Å². The Kier molecular flexibility index (Phi) is 8.24. The molecule has 35 heavy (non-hydrogen) atoms. The van der Waals surface area contributed by atoms with Crippen molar-refractivity contribution in [3.8, 4) is 0 Å². The highest BCUT2D eigenvalue weighted by Gasteiger charge is 2.34. The number of anilines is 2. The Morgan fingerprint density at radius 2 is 1.77 bits per heavy atom. The summed E-state index contributed by atoms with van der Waals surface area (Å²) in [6.07, 6.45) is -0.0132. The van der Waals surface area contributed by atoms with Gasteiger partial charge in [-0.25, -0.2) is 17.8 Å². The summed E-state index contributed by atoms with van der Waals surface area (Å²) in [6, 6.07) is 5.96. The first-order chi connectivity index (χ1) is 16.3. The lowest BCUT2D eigenvalue weighted by atomic mass is 9.99. The summed E-state index contributed by atoms with van der Waals surface area (Å²) in [6.45, 7) is 2.67. The minimum absolute atomic E-state index is 0.0453. The SMILES string of the molecule is CC(C(=O)NCc1ccc(C(F)(F)F)nc1N1CCCCCC1)c1ccc(NS(C)(=O)=O)c(F)c1. The molecular formula is C23H28F4N4O3S.